The van der Waals surface area contributed by atoms with Gasteiger partial charge in [-0.3, -0.25) is 0 Å². The lowest BCUT2D eigenvalue weighted by Crippen LogP contribution is -2.38. The predicted octanol–water partition coefficient (Wildman–Crippen LogP) is 3.73. The maximum absolute atomic E-state index is 4.84. The van der Waals surface area contributed by atoms with Crippen LogP contribution in [0.5, 0.6) is 0 Å². The summed E-state index contributed by atoms with van der Waals surface area (Å²) >= 11 is 1.69. The zero-order valence-corrected chi connectivity index (χ0v) is 19.5. The second-order valence-electron chi connectivity index (χ2n) is 6.39. The van der Waals surface area contributed by atoms with E-state index in [9.17, 15) is 0 Å². The van der Waals surface area contributed by atoms with Crippen molar-refractivity contribution < 1.29 is 0 Å². The monoisotopic (exact) mass is 487 g/mol. The van der Waals surface area contributed by atoms with Crippen LogP contribution in [0, 0.1) is 6.92 Å². The number of rotatable bonds is 7. The van der Waals surface area contributed by atoms with Gasteiger partial charge in [0.1, 0.15) is 0 Å². The van der Waals surface area contributed by atoms with Crippen LogP contribution in [0.2, 0.25) is 0 Å². The Balaban J connectivity index is 0.00000338. The standard InChI is InChI=1S/C19H29N5S.HI/c1-6-20-19(24(5)13-18-14-25-15(2)22-18)21-11-16-9-7-8-10-17(16)12-23(3)4;/h7-10,14H,6,11-13H2,1-5H3,(H,20,21);1H. The first-order valence-corrected chi connectivity index (χ1v) is 9.49. The molecule has 1 aromatic carbocycles. The van der Waals surface area contributed by atoms with Gasteiger partial charge in [-0.2, -0.15) is 0 Å². The number of halogens is 1. The van der Waals surface area contributed by atoms with Crippen molar-refractivity contribution in [3.05, 3.63) is 51.5 Å². The van der Waals surface area contributed by atoms with Gasteiger partial charge in [-0.1, -0.05) is 24.3 Å². The van der Waals surface area contributed by atoms with Crippen molar-refractivity contribution in [3.63, 3.8) is 0 Å². The molecule has 0 aliphatic rings. The normalized spacial score (nSPS) is 11.4. The molecule has 1 aromatic heterocycles. The number of nitrogens with zero attached hydrogens (tertiary/aromatic N) is 4. The fourth-order valence-corrected chi connectivity index (χ4v) is 3.24. The Hall–Kier alpha value is -1.19. The molecular formula is C19H30IN5S. The molecule has 0 saturated heterocycles. The Morgan fingerprint density at radius 3 is 2.42 bits per heavy atom. The van der Waals surface area contributed by atoms with E-state index in [1.165, 1.54) is 11.1 Å². The van der Waals surface area contributed by atoms with Crippen LogP contribution in [-0.2, 0) is 19.6 Å². The van der Waals surface area contributed by atoms with E-state index in [1.807, 2.05) is 6.92 Å². The molecule has 0 aliphatic carbocycles. The van der Waals surface area contributed by atoms with Crippen molar-refractivity contribution in [3.8, 4) is 0 Å². The van der Waals surface area contributed by atoms with Gasteiger partial charge >= 0.3 is 0 Å². The van der Waals surface area contributed by atoms with Gasteiger partial charge in [0, 0.05) is 25.5 Å². The van der Waals surface area contributed by atoms with Crippen molar-refractivity contribution >= 4 is 41.3 Å². The van der Waals surface area contributed by atoms with Crippen molar-refractivity contribution in [2.75, 3.05) is 27.7 Å². The summed E-state index contributed by atoms with van der Waals surface area (Å²) in [7, 11) is 6.24. The van der Waals surface area contributed by atoms with Crippen LogP contribution in [0.1, 0.15) is 28.8 Å². The van der Waals surface area contributed by atoms with Gasteiger partial charge in [0.2, 0.25) is 0 Å². The van der Waals surface area contributed by atoms with Crippen molar-refractivity contribution in [2.24, 2.45) is 4.99 Å². The summed E-state index contributed by atoms with van der Waals surface area (Å²) in [5, 5.41) is 6.59. The third-order valence-corrected chi connectivity index (χ3v) is 4.59. The average Bonchev–Trinajstić information content (AvgIpc) is 2.97. The molecule has 0 saturated carbocycles. The summed E-state index contributed by atoms with van der Waals surface area (Å²) in [4.78, 5) is 13.7. The number of guanidine groups is 1. The molecule has 1 heterocycles. The van der Waals surface area contributed by atoms with E-state index in [0.29, 0.717) is 6.54 Å². The lowest BCUT2D eigenvalue weighted by atomic mass is 10.1. The molecule has 144 valence electrons. The minimum atomic E-state index is 0. The number of benzene rings is 1. The number of hydrogen-bond acceptors (Lipinski definition) is 4. The Morgan fingerprint density at radius 1 is 1.15 bits per heavy atom. The summed E-state index contributed by atoms with van der Waals surface area (Å²) in [6, 6.07) is 8.52. The van der Waals surface area contributed by atoms with E-state index in [2.05, 4.69) is 77.8 Å². The first-order chi connectivity index (χ1) is 12.0. The SMILES string of the molecule is CCNC(=NCc1ccccc1CN(C)C)N(C)Cc1csc(C)n1.I. The highest BCUT2D eigenvalue weighted by atomic mass is 127. The second-order valence-corrected chi connectivity index (χ2v) is 7.45. The van der Waals surface area contributed by atoms with Crippen molar-refractivity contribution in [2.45, 2.75) is 33.5 Å². The van der Waals surface area contributed by atoms with E-state index >= 15 is 0 Å². The number of aliphatic imine (C=N–C) groups is 1. The van der Waals surface area contributed by atoms with E-state index in [0.717, 1.165) is 36.3 Å². The van der Waals surface area contributed by atoms with Gasteiger partial charge in [-0.15, -0.1) is 35.3 Å². The molecule has 0 bridgehead atoms. The summed E-state index contributed by atoms with van der Waals surface area (Å²) in [5.41, 5.74) is 3.68. The Morgan fingerprint density at radius 2 is 1.85 bits per heavy atom. The number of aryl methyl sites for hydroxylation is 1. The molecular weight excluding hydrogens is 457 g/mol. The molecule has 0 radical (unpaired) electrons. The molecule has 5 nitrogen and oxygen atoms in total. The highest BCUT2D eigenvalue weighted by Gasteiger charge is 2.09. The molecule has 0 aliphatic heterocycles. The molecule has 1 N–H and O–H groups in total. The molecule has 0 amide bonds. The van der Waals surface area contributed by atoms with E-state index in [-0.39, 0.29) is 24.0 Å². The lowest BCUT2D eigenvalue weighted by molar-refractivity contribution is 0.401. The molecule has 0 spiro atoms. The summed E-state index contributed by atoms with van der Waals surface area (Å²) in [5.74, 6) is 0.910. The van der Waals surface area contributed by atoms with E-state index in [1.54, 1.807) is 11.3 Å². The van der Waals surface area contributed by atoms with Gasteiger partial charge in [-0.05, 0) is 39.1 Å². The summed E-state index contributed by atoms with van der Waals surface area (Å²) in [6.07, 6.45) is 0. The van der Waals surface area contributed by atoms with Gasteiger partial charge < -0.3 is 15.1 Å². The van der Waals surface area contributed by atoms with Crippen LogP contribution >= 0.6 is 35.3 Å². The van der Waals surface area contributed by atoms with E-state index < -0.39 is 0 Å². The van der Waals surface area contributed by atoms with Crippen LogP contribution in [0.3, 0.4) is 0 Å². The van der Waals surface area contributed by atoms with Crippen LogP contribution in [0.4, 0.5) is 0 Å². The zero-order chi connectivity index (χ0) is 18.2. The molecule has 0 fully saturated rings. The van der Waals surface area contributed by atoms with Gasteiger partial charge in [0.05, 0.1) is 23.8 Å². The number of hydrogen-bond donors (Lipinski definition) is 1. The third-order valence-electron chi connectivity index (χ3n) is 3.77. The quantitative estimate of drug-likeness (QED) is 0.367. The highest BCUT2D eigenvalue weighted by molar-refractivity contribution is 14.0. The van der Waals surface area contributed by atoms with Gasteiger partial charge in [0.15, 0.2) is 5.96 Å². The molecule has 0 atom stereocenters. The maximum atomic E-state index is 4.84. The third kappa shape index (κ3) is 7.20. The molecule has 2 aromatic rings. The Labute approximate surface area is 178 Å². The molecule has 2 rings (SSSR count). The molecule has 7 heteroatoms. The van der Waals surface area contributed by atoms with E-state index in [4.69, 9.17) is 4.99 Å². The second kappa shape index (κ2) is 11.5. The first kappa shape index (κ1) is 22.9. The van der Waals surface area contributed by atoms with Crippen LogP contribution < -0.4 is 5.32 Å². The van der Waals surface area contributed by atoms with Gasteiger partial charge in [0.25, 0.3) is 0 Å². The highest BCUT2D eigenvalue weighted by Crippen LogP contribution is 2.13. The topological polar surface area (TPSA) is 43.8 Å². The largest absolute Gasteiger partial charge is 0.357 e. The minimum absolute atomic E-state index is 0. The minimum Gasteiger partial charge on any atom is -0.357 e. The maximum Gasteiger partial charge on any atom is 0.194 e. The average molecular weight is 487 g/mol. The summed E-state index contributed by atoms with van der Waals surface area (Å²) < 4.78 is 0. The van der Waals surface area contributed by atoms with Crippen molar-refractivity contribution in [1.82, 2.24) is 20.1 Å². The smallest absolute Gasteiger partial charge is 0.194 e. The summed E-state index contributed by atoms with van der Waals surface area (Å²) in [6.45, 7) is 7.34. The van der Waals surface area contributed by atoms with Crippen LogP contribution in [0.25, 0.3) is 0 Å². The van der Waals surface area contributed by atoms with Gasteiger partial charge in [-0.25, -0.2) is 9.98 Å². The fourth-order valence-electron chi connectivity index (χ4n) is 2.64. The number of thiazole rings is 1. The Bertz CT molecular complexity index is 699. The number of nitrogens with one attached hydrogen (secondary N) is 1. The first-order valence-electron chi connectivity index (χ1n) is 8.61. The number of aromatic nitrogens is 1. The lowest BCUT2D eigenvalue weighted by Gasteiger charge is -2.21. The zero-order valence-electron chi connectivity index (χ0n) is 16.3. The predicted molar refractivity (Wildman–Crippen MR) is 122 cm³/mol. The Kier molecular flexibility index (Phi) is 10.1. The van der Waals surface area contributed by atoms with Crippen LogP contribution in [-0.4, -0.2) is 48.4 Å². The fraction of sp³-hybridized carbons (Fsp3) is 0.474. The van der Waals surface area contributed by atoms with Crippen LogP contribution in [0.15, 0.2) is 34.6 Å². The molecule has 0 unspecified atom stereocenters. The van der Waals surface area contributed by atoms with Crippen molar-refractivity contribution in [1.29, 1.82) is 0 Å². The molecule has 26 heavy (non-hydrogen) atoms.